The smallest absolute Gasteiger partial charge is 0.243 e. The van der Waals surface area contributed by atoms with E-state index in [-0.39, 0.29) is 23.3 Å². The van der Waals surface area contributed by atoms with E-state index in [1.54, 1.807) is 0 Å². The van der Waals surface area contributed by atoms with Gasteiger partial charge in [-0.2, -0.15) is 4.31 Å². The third-order valence-corrected chi connectivity index (χ3v) is 4.93. The van der Waals surface area contributed by atoms with Crippen molar-refractivity contribution >= 4 is 22.4 Å². The second-order valence-electron chi connectivity index (χ2n) is 4.13. The van der Waals surface area contributed by atoms with Gasteiger partial charge in [-0.3, -0.25) is 0 Å². The Morgan fingerprint density at radius 2 is 2.17 bits per heavy atom. The molecule has 1 saturated heterocycles. The van der Waals surface area contributed by atoms with Crippen molar-refractivity contribution < 1.29 is 12.8 Å². The summed E-state index contributed by atoms with van der Waals surface area (Å²) in [4.78, 5) is 0.00639. The van der Waals surface area contributed by atoms with E-state index in [2.05, 4.69) is 5.32 Å². The molecule has 4 nitrogen and oxygen atoms in total. The maximum atomic E-state index is 13.0. The normalized spacial score (nSPS) is 19.8. The summed E-state index contributed by atoms with van der Waals surface area (Å²) in [5.41, 5.74) is 0. The van der Waals surface area contributed by atoms with Gasteiger partial charge in [-0.05, 0) is 31.2 Å². The summed E-state index contributed by atoms with van der Waals surface area (Å²) in [6.45, 7) is 1.46. The number of benzene rings is 1. The van der Waals surface area contributed by atoms with Crippen LogP contribution in [0.2, 0.25) is 0 Å². The third kappa shape index (κ3) is 3.00. The fourth-order valence-electron chi connectivity index (χ4n) is 1.94. The lowest BCUT2D eigenvalue weighted by Gasteiger charge is -2.23. The largest absolute Gasteiger partial charge is 0.315 e. The van der Waals surface area contributed by atoms with E-state index in [1.165, 1.54) is 29.6 Å². The van der Waals surface area contributed by atoms with Crippen molar-refractivity contribution in [3.8, 4) is 0 Å². The molecule has 0 bridgehead atoms. The summed E-state index contributed by atoms with van der Waals surface area (Å²) in [6.07, 6.45) is 0.783. The lowest BCUT2D eigenvalue weighted by molar-refractivity contribution is 0.387. The second-order valence-corrected chi connectivity index (χ2v) is 6.12. The Kier molecular flexibility index (Phi) is 5.10. The van der Waals surface area contributed by atoms with Crippen LogP contribution in [0.1, 0.15) is 6.42 Å². The Morgan fingerprint density at radius 3 is 2.72 bits per heavy atom. The molecule has 0 saturated carbocycles. The van der Waals surface area contributed by atoms with Crippen LogP contribution in [0.5, 0.6) is 0 Å². The van der Waals surface area contributed by atoms with Crippen molar-refractivity contribution in [1.29, 1.82) is 0 Å². The molecule has 1 N–H and O–H groups in total. The molecule has 1 aliphatic heterocycles. The molecule has 0 amide bonds. The van der Waals surface area contributed by atoms with Crippen LogP contribution in [0.3, 0.4) is 0 Å². The Labute approximate surface area is 113 Å². The van der Waals surface area contributed by atoms with Crippen LogP contribution >= 0.6 is 12.4 Å². The molecule has 1 aromatic carbocycles. The van der Waals surface area contributed by atoms with Crippen molar-refractivity contribution in [1.82, 2.24) is 9.62 Å². The van der Waals surface area contributed by atoms with Crippen LogP contribution in [0.15, 0.2) is 29.2 Å². The van der Waals surface area contributed by atoms with E-state index in [1.807, 2.05) is 0 Å². The second kappa shape index (κ2) is 5.97. The molecular formula is C11H16ClFN2O2S. The van der Waals surface area contributed by atoms with E-state index in [4.69, 9.17) is 0 Å². The van der Waals surface area contributed by atoms with Crippen LogP contribution < -0.4 is 5.32 Å². The minimum Gasteiger partial charge on any atom is -0.315 e. The molecule has 7 heteroatoms. The minimum atomic E-state index is -3.59. The first-order valence-electron chi connectivity index (χ1n) is 5.46. The van der Waals surface area contributed by atoms with Gasteiger partial charge < -0.3 is 5.32 Å². The van der Waals surface area contributed by atoms with Crippen LogP contribution in [-0.2, 0) is 10.0 Å². The molecule has 1 aliphatic rings. The average Bonchev–Trinajstić information content (AvgIpc) is 2.81. The minimum absolute atomic E-state index is 0. The summed E-state index contributed by atoms with van der Waals surface area (Å²) in [5, 5.41) is 3.11. The van der Waals surface area contributed by atoms with Crippen molar-refractivity contribution in [3.05, 3.63) is 30.1 Å². The Hall–Kier alpha value is -0.690. The predicted octanol–water partition coefficient (Wildman–Crippen LogP) is 1.23. The zero-order valence-electron chi connectivity index (χ0n) is 9.97. The predicted molar refractivity (Wildman–Crippen MR) is 69.9 cm³/mol. The number of hydrogen-bond donors (Lipinski definition) is 1. The summed E-state index contributed by atoms with van der Waals surface area (Å²) in [5.74, 6) is -0.538. The highest BCUT2D eigenvalue weighted by atomic mass is 35.5. The van der Waals surface area contributed by atoms with E-state index < -0.39 is 15.8 Å². The summed E-state index contributed by atoms with van der Waals surface area (Å²) in [7, 11) is -2.05. The van der Waals surface area contributed by atoms with E-state index >= 15 is 0 Å². The molecule has 1 atom stereocenters. The fraction of sp³-hybridized carbons (Fsp3) is 0.455. The van der Waals surface area contributed by atoms with Gasteiger partial charge in [-0.25, -0.2) is 12.8 Å². The third-order valence-electron chi connectivity index (χ3n) is 3.02. The lowest BCUT2D eigenvalue weighted by atomic mass is 10.3. The molecule has 1 unspecified atom stereocenters. The van der Waals surface area contributed by atoms with Gasteiger partial charge >= 0.3 is 0 Å². The number of likely N-dealkylation sites (N-methyl/N-ethyl adjacent to an activating group) is 1. The summed E-state index contributed by atoms with van der Waals surface area (Å²) < 4.78 is 38.8. The first-order chi connectivity index (χ1) is 8.01. The van der Waals surface area contributed by atoms with Gasteiger partial charge in [0.2, 0.25) is 10.0 Å². The molecule has 18 heavy (non-hydrogen) atoms. The summed E-state index contributed by atoms with van der Waals surface area (Å²) >= 11 is 0. The SMILES string of the molecule is CN(C1CCNC1)S(=O)(=O)c1cccc(F)c1.Cl. The zero-order valence-corrected chi connectivity index (χ0v) is 11.6. The molecule has 0 aliphatic carbocycles. The Balaban J connectivity index is 0.00000162. The van der Waals surface area contributed by atoms with Gasteiger partial charge in [0.25, 0.3) is 0 Å². The van der Waals surface area contributed by atoms with E-state index in [9.17, 15) is 12.8 Å². The maximum absolute atomic E-state index is 13.0. The first-order valence-corrected chi connectivity index (χ1v) is 6.90. The maximum Gasteiger partial charge on any atom is 0.243 e. The molecule has 1 aromatic rings. The molecule has 1 fully saturated rings. The highest BCUT2D eigenvalue weighted by molar-refractivity contribution is 7.89. The van der Waals surface area contributed by atoms with E-state index in [0.717, 1.165) is 19.0 Å². The molecular weight excluding hydrogens is 279 g/mol. The number of nitrogens with one attached hydrogen (secondary N) is 1. The van der Waals surface area contributed by atoms with Gasteiger partial charge in [0.05, 0.1) is 4.90 Å². The van der Waals surface area contributed by atoms with Crippen molar-refractivity contribution in [3.63, 3.8) is 0 Å². The highest BCUT2D eigenvalue weighted by Gasteiger charge is 2.29. The van der Waals surface area contributed by atoms with Crippen LogP contribution in [0, 0.1) is 5.82 Å². The number of nitrogens with zero attached hydrogens (tertiary/aromatic N) is 1. The van der Waals surface area contributed by atoms with Gasteiger partial charge in [0.1, 0.15) is 5.82 Å². The van der Waals surface area contributed by atoms with Gasteiger partial charge in [-0.15, -0.1) is 12.4 Å². The topological polar surface area (TPSA) is 49.4 Å². The number of hydrogen-bond acceptors (Lipinski definition) is 3. The van der Waals surface area contributed by atoms with Crippen LogP contribution in [-0.4, -0.2) is 38.9 Å². The molecule has 2 rings (SSSR count). The first kappa shape index (κ1) is 15.4. The van der Waals surface area contributed by atoms with E-state index in [0.29, 0.717) is 6.54 Å². The lowest BCUT2D eigenvalue weighted by Crippen LogP contribution is -2.38. The van der Waals surface area contributed by atoms with Crippen molar-refractivity contribution in [2.45, 2.75) is 17.4 Å². The Morgan fingerprint density at radius 1 is 1.44 bits per heavy atom. The van der Waals surface area contributed by atoms with Crippen molar-refractivity contribution in [2.24, 2.45) is 0 Å². The average molecular weight is 295 g/mol. The molecule has 0 spiro atoms. The Bertz CT molecular complexity index is 504. The number of sulfonamides is 1. The molecule has 0 aromatic heterocycles. The molecule has 102 valence electrons. The van der Waals surface area contributed by atoms with Gasteiger partial charge in [0, 0.05) is 19.6 Å². The van der Waals surface area contributed by atoms with Crippen LogP contribution in [0.25, 0.3) is 0 Å². The monoisotopic (exact) mass is 294 g/mol. The standard InChI is InChI=1S/C11H15FN2O2S.ClH/c1-14(10-5-6-13-8-10)17(15,16)11-4-2-3-9(12)7-11;/h2-4,7,10,13H,5-6,8H2,1H3;1H. The van der Waals surface area contributed by atoms with Gasteiger partial charge in [-0.1, -0.05) is 6.07 Å². The molecule has 0 radical (unpaired) electrons. The fourth-order valence-corrected chi connectivity index (χ4v) is 3.36. The van der Waals surface area contributed by atoms with Gasteiger partial charge in [0.15, 0.2) is 0 Å². The van der Waals surface area contributed by atoms with Crippen LogP contribution in [0.4, 0.5) is 4.39 Å². The number of halogens is 2. The number of rotatable bonds is 3. The summed E-state index contributed by atoms with van der Waals surface area (Å²) in [6, 6.07) is 5.05. The molecule has 1 heterocycles. The van der Waals surface area contributed by atoms with Crippen molar-refractivity contribution in [2.75, 3.05) is 20.1 Å². The zero-order chi connectivity index (χ0) is 12.5. The quantitative estimate of drug-likeness (QED) is 0.912. The highest BCUT2D eigenvalue weighted by Crippen LogP contribution is 2.19.